The van der Waals surface area contributed by atoms with E-state index in [-0.39, 0.29) is 25.4 Å². The maximum atomic E-state index is 11.5. The second-order valence-electron chi connectivity index (χ2n) is 5.00. The highest BCUT2D eigenvalue weighted by Gasteiger charge is 2.43. The number of rotatable bonds is 7. The monoisotopic (exact) mass is 322 g/mol. The number of ether oxygens (including phenoxy) is 3. The van der Waals surface area contributed by atoms with Crippen molar-refractivity contribution in [2.24, 2.45) is 0 Å². The third-order valence-electron chi connectivity index (χ3n) is 3.34. The van der Waals surface area contributed by atoms with Gasteiger partial charge in [0, 0.05) is 12.8 Å². The Morgan fingerprint density at radius 2 is 1.55 bits per heavy atom. The fourth-order valence-corrected chi connectivity index (χ4v) is 1.96. The predicted octanol–water partition coefficient (Wildman–Crippen LogP) is -1.94. The Hall–Kier alpha value is -1.26. The van der Waals surface area contributed by atoms with Crippen molar-refractivity contribution in [3.8, 4) is 0 Å². The highest BCUT2D eigenvalue weighted by atomic mass is 16.6. The molecule has 0 amide bonds. The van der Waals surface area contributed by atoms with Crippen molar-refractivity contribution >= 4 is 11.9 Å². The standard InChI is InChI=1S/C13H22O9/c1-20-8(14)4-2-3-5-9(15)21-6-7-10(16)11(17)12(18)13(19)22-7/h7,10-13,16-19H,2-6H2,1H3/t7-,10+,11+,12-,13?/m1/s1. The van der Waals surface area contributed by atoms with Crippen LogP contribution in [0.3, 0.4) is 0 Å². The van der Waals surface area contributed by atoms with Gasteiger partial charge < -0.3 is 34.6 Å². The van der Waals surface area contributed by atoms with Gasteiger partial charge in [-0.1, -0.05) is 0 Å². The smallest absolute Gasteiger partial charge is 0.305 e. The Bertz CT molecular complexity index is 373. The second-order valence-corrected chi connectivity index (χ2v) is 5.00. The molecule has 1 fully saturated rings. The maximum absolute atomic E-state index is 11.5. The summed E-state index contributed by atoms with van der Waals surface area (Å²) in [5.41, 5.74) is 0. The fraction of sp³-hybridized carbons (Fsp3) is 0.846. The lowest BCUT2D eigenvalue weighted by Crippen LogP contribution is -2.58. The molecule has 0 saturated carbocycles. The van der Waals surface area contributed by atoms with Gasteiger partial charge in [-0.2, -0.15) is 0 Å². The molecule has 1 unspecified atom stereocenters. The van der Waals surface area contributed by atoms with Crippen LogP contribution in [0.1, 0.15) is 25.7 Å². The molecule has 1 rings (SSSR count). The van der Waals surface area contributed by atoms with E-state index in [4.69, 9.17) is 9.47 Å². The summed E-state index contributed by atoms with van der Waals surface area (Å²) in [5, 5.41) is 37.7. The Labute approximate surface area is 127 Å². The lowest BCUT2D eigenvalue weighted by molar-refractivity contribution is -0.287. The molecule has 4 N–H and O–H groups in total. The van der Waals surface area contributed by atoms with Crippen LogP contribution in [-0.4, -0.2) is 76.8 Å². The Kier molecular flexibility index (Phi) is 7.69. The average Bonchev–Trinajstić information content (AvgIpc) is 2.51. The zero-order valence-electron chi connectivity index (χ0n) is 12.3. The van der Waals surface area contributed by atoms with E-state index in [1.807, 2.05) is 0 Å². The third-order valence-corrected chi connectivity index (χ3v) is 3.34. The van der Waals surface area contributed by atoms with Crippen LogP contribution >= 0.6 is 0 Å². The van der Waals surface area contributed by atoms with Crippen molar-refractivity contribution in [1.82, 2.24) is 0 Å². The van der Waals surface area contributed by atoms with Crippen molar-refractivity contribution in [3.05, 3.63) is 0 Å². The molecular weight excluding hydrogens is 300 g/mol. The molecule has 0 aromatic carbocycles. The predicted molar refractivity (Wildman–Crippen MR) is 70.3 cm³/mol. The number of hydrogen-bond acceptors (Lipinski definition) is 9. The summed E-state index contributed by atoms with van der Waals surface area (Å²) < 4.78 is 14.2. The molecule has 5 atom stereocenters. The van der Waals surface area contributed by atoms with Gasteiger partial charge in [-0.05, 0) is 12.8 Å². The molecule has 0 radical (unpaired) electrons. The van der Waals surface area contributed by atoms with E-state index < -0.39 is 36.7 Å². The lowest BCUT2D eigenvalue weighted by atomic mass is 9.99. The Morgan fingerprint density at radius 3 is 2.14 bits per heavy atom. The summed E-state index contributed by atoms with van der Waals surface area (Å²) in [6, 6.07) is 0. The molecule has 22 heavy (non-hydrogen) atoms. The Balaban J connectivity index is 2.24. The molecule has 1 aliphatic heterocycles. The van der Waals surface area contributed by atoms with Gasteiger partial charge in [0.1, 0.15) is 31.0 Å². The fourth-order valence-electron chi connectivity index (χ4n) is 1.96. The molecule has 1 aliphatic rings. The largest absolute Gasteiger partial charge is 0.469 e. The van der Waals surface area contributed by atoms with Crippen LogP contribution in [-0.2, 0) is 23.8 Å². The van der Waals surface area contributed by atoms with E-state index >= 15 is 0 Å². The zero-order valence-corrected chi connectivity index (χ0v) is 12.3. The second kappa shape index (κ2) is 9.01. The minimum atomic E-state index is -1.66. The van der Waals surface area contributed by atoms with Gasteiger partial charge in [0.15, 0.2) is 6.29 Å². The maximum Gasteiger partial charge on any atom is 0.305 e. The molecule has 128 valence electrons. The first-order valence-electron chi connectivity index (χ1n) is 6.97. The van der Waals surface area contributed by atoms with E-state index in [1.54, 1.807) is 0 Å². The van der Waals surface area contributed by atoms with Gasteiger partial charge in [0.05, 0.1) is 7.11 Å². The quantitative estimate of drug-likeness (QED) is 0.311. The number of aliphatic hydroxyl groups is 4. The zero-order chi connectivity index (χ0) is 16.7. The van der Waals surface area contributed by atoms with Gasteiger partial charge >= 0.3 is 11.9 Å². The van der Waals surface area contributed by atoms with E-state index in [2.05, 4.69) is 4.74 Å². The molecule has 9 nitrogen and oxygen atoms in total. The average molecular weight is 322 g/mol. The number of unbranched alkanes of at least 4 members (excludes halogenated alkanes) is 1. The van der Waals surface area contributed by atoms with E-state index in [0.29, 0.717) is 12.8 Å². The first-order valence-corrected chi connectivity index (χ1v) is 6.97. The molecular formula is C13H22O9. The van der Waals surface area contributed by atoms with Crippen molar-refractivity contribution in [3.63, 3.8) is 0 Å². The number of carbonyl (C=O) groups excluding carboxylic acids is 2. The number of carbonyl (C=O) groups is 2. The Morgan fingerprint density at radius 1 is 0.955 bits per heavy atom. The highest BCUT2D eigenvalue weighted by molar-refractivity contribution is 5.70. The molecule has 0 bridgehead atoms. The molecule has 0 aromatic rings. The normalized spacial score (nSPS) is 31.6. The van der Waals surface area contributed by atoms with Crippen molar-refractivity contribution in [1.29, 1.82) is 0 Å². The van der Waals surface area contributed by atoms with E-state index in [1.165, 1.54) is 7.11 Å². The van der Waals surface area contributed by atoms with Gasteiger partial charge in [0.25, 0.3) is 0 Å². The van der Waals surface area contributed by atoms with Crippen LogP contribution < -0.4 is 0 Å². The van der Waals surface area contributed by atoms with Crippen LogP contribution in [0.15, 0.2) is 0 Å². The molecule has 1 saturated heterocycles. The first-order chi connectivity index (χ1) is 10.4. The number of methoxy groups -OCH3 is 1. The number of esters is 2. The lowest BCUT2D eigenvalue weighted by Gasteiger charge is -2.37. The van der Waals surface area contributed by atoms with Crippen LogP contribution in [0, 0.1) is 0 Å². The van der Waals surface area contributed by atoms with Crippen LogP contribution in [0.2, 0.25) is 0 Å². The summed E-state index contributed by atoms with van der Waals surface area (Å²) >= 11 is 0. The highest BCUT2D eigenvalue weighted by Crippen LogP contribution is 2.20. The van der Waals surface area contributed by atoms with Gasteiger partial charge in [-0.15, -0.1) is 0 Å². The minimum Gasteiger partial charge on any atom is -0.469 e. The molecule has 0 aliphatic carbocycles. The summed E-state index contributed by atoms with van der Waals surface area (Å²) in [6.45, 7) is -0.363. The number of hydrogen-bond donors (Lipinski definition) is 4. The number of aliphatic hydroxyl groups excluding tert-OH is 4. The van der Waals surface area contributed by atoms with Gasteiger partial charge in [-0.25, -0.2) is 0 Å². The van der Waals surface area contributed by atoms with Gasteiger partial charge in [-0.3, -0.25) is 9.59 Å². The van der Waals surface area contributed by atoms with Gasteiger partial charge in [0.2, 0.25) is 0 Å². The molecule has 0 spiro atoms. The first kappa shape index (κ1) is 18.8. The SMILES string of the molecule is COC(=O)CCCCC(=O)OC[C@H]1OC(O)[C@H](O)[C@@H](O)[C@H]1O. The molecule has 0 aromatic heterocycles. The van der Waals surface area contributed by atoms with Crippen molar-refractivity contribution < 1.29 is 44.2 Å². The minimum absolute atomic E-state index is 0.0769. The molecule has 9 heteroatoms. The molecule has 1 heterocycles. The van der Waals surface area contributed by atoms with Crippen molar-refractivity contribution in [2.45, 2.75) is 56.4 Å². The van der Waals surface area contributed by atoms with Crippen molar-refractivity contribution in [2.75, 3.05) is 13.7 Å². The summed E-state index contributed by atoms with van der Waals surface area (Å²) in [5.74, 6) is -0.913. The van der Waals surface area contributed by atoms with E-state index in [9.17, 15) is 30.0 Å². The van der Waals surface area contributed by atoms with Crippen LogP contribution in [0.25, 0.3) is 0 Å². The summed E-state index contributed by atoms with van der Waals surface area (Å²) in [6.07, 6.45) is -6.29. The van der Waals surface area contributed by atoms with Crippen LogP contribution in [0.4, 0.5) is 0 Å². The summed E-state index contributed by atoms with van der Waals surface area (Å²) in [7, 11) is 1.28. The third kappa shape index (κ3) is 5.50. The van der Waals surface area contributed by atoms with Crippen LogP contribution in [0.5, 0.6) is 0 Å². The van der Waals surface area contributed by atoms with E-state index in [0.717, 1.165) is 0 Å². The summed E-state index contributed by atoms with van der Waals surface area (Å²) in [4.78, 5) is 22.3. The topological polar surface area (TPSA) is 143 Å².